The van der Waals surface area contributed by atoms with E-state index in [1.165, 1.54) is 5.56 Å². The molecule has 0 radical (unpaired) electrons. The fourth-order valence-corrected chi connectivity index (χ4v) is 1.82. The van der Waals surface area contributed by atoms with Crippen LogP contribution >= 0.6 is 0 Å². The highest BCUT2D eigenvalue weighted by Crippen LogP contribution is 2.19. The first-order valence-electron chi connectivity index (χ1n) is 7.31. The summed E-state index contributed by atoms with van der Waals surface area (Å²) in [4.78, 5) is 0. The van der Waals surface area contributed by atoms with Crippen molar-refractivity contribution in [3.63, 3.8) is 0 Å². The van der Waals surface area contributed by atoms with E-state index in [9.17, 15) is 0 Å². The van der Waals surface area contributed by atoms with Gasteiger partial charge in [0.2, 0.25) is 0 Å². The summed E-state index contributed by atoms with van der Waals surface area (Å²) in [5, 5.41) is 3.48. The molecule has 1 atom stereocenters. The van der Waals surface area contributed by atoms with Crippen LogP contribution in [-0.2, 0) is 4.74 Å². The zero-order valence-corrected chi connectivity index (χ0v) is 12.4. The number of hydrogen-bond donors (Lipinski definition) is 1. The molecular formula is C16H27NO2. The minimum Gasteiger partial charge on any atom is -0.491 e. The van der Waals surface area contributed by atoms with Crippen LogP contribution in [0.5, 0.6) is 5.75 Å². The smallest absolute Gasteiger partial charge is 0.119 e. The highest BCUT2D eigenvalue weighted by Gasteiger charge is 2.05. The van der Waals surface area contributed by atoms with Gasteiger partial charge in [-0.15, -0.1) is 0 Å². The molecule has 0 bridgehead atoms. The van der Waals surface area contributed by atoms with Gasteiger partial charge in [0.1, 0.15) is 12.4 Å². The summed E-state index contributed by atoms with van der Waals surface area (Å²) >= 11 is 0. The van der Waals surface area contributed by atoms with Gasteiger partial charge >= 0.3 is 0 Å². The average molecular weight is 265 g/mol. The fourth-order valence-electron chi connectivity index (χ4n) is 1.82. The van der Waals surface area contributed by atoms with Crippen LogP contribution in [0.1, 0.15) is 45.2 Å². The molecule has 0 spiro atoms. The van der Waals surface area contributed by atoms with Crippen LogP contribution in [-0.4, -0.2) is 26.4 Å². The van der Waals surface area contributed by atoms with E-state index >= 15 is 0 Å². The van der Waals surface area contributed by atoms with Crippen molar-refractivity contribution >= 4 is 0 Å². The lowest BCUT2D eigenvalue weighted by Gasteiger charge is -2.15. The van der Waals surface area contributed by atoms with E-state index in [2.05, 4.69) is 38.2 Å². The molecule has 0 fully saturated rings. The zero-order valence-electron chi connectivity index (χ0n) is 12.4. The Morgan fingerprint density at radius 1 is 1.11 bits per heavy atom. The van der Waals surface area contributed by atoms with Gasteiger partial charge in [0, 0.05) is 12.6 Å². The summed E-state index contributed by atoms with van der Waals surface area (Å²) in [7, 11) is 0. The van der Waals surface area contributed by atoms with Crippen molar-refractivity contribution in [1.82, 2.24) is 5.32 Å². The third-order valence-electron chi connectivity index (χ3n) is 2.90. The van der Waals surface area contributed by atoms with Gasteiger partial charge < -0.3 is 14.8 Å². The summed E-state index contributed by atoms with van der Waals surface area (Å²) in [6, 6.07) is 8.64. The SMILES string of the molecule is CCCNC(C)c1cccc(OCCOCCC)c1. The van der Waals surface area contributed by atoms with Crippen molar-refractivity contribution in [3.8, 4) is 5.75 Å². The van der Waals surface area contributed by atoms with E-state index in [0.717, 1.165) is 31.7 Å². The second kappa shape index (κ2) is 9.82. The fraction of sp³-hybridized carbons (Fsp3) is 0.625. The topological polar surface area (TPSA) is 30.5 Å². The van der Waals surface area contributed by atoms with E-state index < -0.39 is 0 Å². The third-order valence-corrected chi connectivity index (χ3v) is 2.90. The second-order valence-corrected chi connectivity index (χ2v) is 4.71. The first kappa shape index (κ1) is 16.0. The summed E-state index contributed by atoms with van der Waals surface area (Å²) in [6.07, 6.45) is 2.20. The van der Waals surface area contributed by atoms with Gasteiger partial charge in [-0.1, -0.05) is 26.0 Å². The zero-order chi connectivity index (χ0) is 13.9. The number of ether oxygens (including phenoxy) is 2. The molecule has 0 saturated carbocycles. The predicted molar refractivity (Wildman–Crippen MR) is 79.8 cm³/mol. The quantitative estimate of drug-likeness (QED) is 0.656. The molecule has 0 aliphatic carbocycles. The predicted octanol–water partition coefficient (Wildman–Crippen LogP) is 3.55. The normalized spacial score (nSPS) is 12.4. The van der Waals surface area contributed by atoms with Crippen LogP contribution in [0.25, 0.3) is 0 Å². The van der Waals surface area contributed by atoms with E-state index in [1.54, 1.807) is 0 Å². The summed E-state index contributed by atoms with van der Waals surface area (Å²) in [6.45, 7) is 9.57. The Kier molecular flexibility index (Phi) is 8.26. The summed E-state index contributed by atoms with van der Waals surface area (Å²) < 4.78 is 11.1. The van der Waals surface area contributed by atoms with E-state index in [4.69, 9.17) is 9.47 Å². The Bertz CT molecular complexity index is 341. The van der Waals surface area contributed by atoms with E-state index in [-0.39, 0.29) is 0 Å². The Morgan fingerprint density at radius 2 is 1.95 bits per heavy atom. The number of hydrogen-bond acceptors (Lipinski definition) is 3. The lowest BCUT2D eigenvalue weighted by molar-refractivity contribution is 0.101. The van der Waals surface area contributed by atoms with Gasteiger partial charge in [-0.3, -0.25) is 0 Å². The van der Waals surface area contributed by atoms with Crippen molar-refractivity contribution in [3.05, 3.63) is 29.8 Å². The van der Waals surface area contributed by atoms with E-state index in [1.807, 2.05) is 12.1 Å². The Balaban J connectivity index is 2.38. The van der Waals surface area contributed by atoms with Crippen molar-refractivity contribution in [2.75, 3.05) is 26.4 Å². The molecule has 0 aliphatic heterocycles. The van der Waals surface area contributed by atoms with Crippen LogP contribution in [0.15, 0.2) is 24.3 Å². The molecule has 1 rings (SSSR count). The lowest BCUT2D eigenvalue weighted by Crippen LogP contribution is -2.19. The molecule has 1 unspecified atom stereocenters. The Hall–Kier alpha value is -1.06. The molecule has 0 amide bonds. The minimum atomic E-state index is 0.361. The number of benzene rings is 1. The molecular weight excluding hydrogens is 238 g/mol. The van der Waals surface area contributed by atoms with Crippen molar-refractivity contribution in [2.24, 2.45) is 0 Å². The maximum Gasteiger partial charge on any atom is 0.119 e. The van der Waals surface area contributed by atoms with Gasteiger partial charge in [0.05, 0.1) is 6.61 Å². The molecule has 1 aromatic carbocycles. The van der Waals surface area contributed by atoms with Gasteiger partial charge in [0.15, 0.2) is 0 Å². The molecule has 3 heteroatoms. The highest BCUT2D eigenvalue weighted by atomic mass is 16.5. The molecule has 1 aromatic rings. The highest BCUT2D eigenvalue weighted by molar-refractivity contribution is 5.30. The molecule has 0 aliphatic rings. The standard InChI is InChI=1S/C16H27NO2/c1-4-9-17-14(3)15-7-6-8-16(13-15)19-12-11-18-10-5-2/h6-8,13-14,17H,4-5,9-12H2,1-3H3. The third kappa shape index (κ3) is 6.60. The average Bonchev–Trinajstić information content (AvgIpc) is 2.45. The first-order chi connectivity index (χ1) is 9.27. The molecule has 0 heterocycles. The largest absolute Gasteiger partial charge is 0.491 e. The van der Waals surface area contributed by atoms with Crippen LogP contribution in [0.2, 0.25) is 0 Å². The van der Waals surface area contributed by atoms with Crippen molar-refractivity contribution in [1.29, 1.82) is 0 Å². The summed E-state index contributed by atoms with van der Waals surface area (Å²) in [5.74, 6) is 0.919. The lowest BCUT2D eigenvalue weighted by atomic mass is 10.1. The molecule has 108 valence electrons. The van der Waals surface area contributed by atoms with Gasteiger partial charge in [-0.05, 0) is 44.0 Å². The maximum absolute atomic E-state index is 5.70. The van der Waals surface area contributed by atoms with Crippen molar-refractivity contribution in [2.45, 2.75) is 39.7 Å². The monoisotopic (exact) mass is 265 g/mol. The molecule has 0 aromatic heterocycles. The van der Waals surface area contributed by atoms with Crippen LogP contribution in [0.4, 0.5) is 0 Å². The molecule has 0 saturated heterocycles. The first-order valence-corrected chi connectivity index (χ1v) is 7.31. The van der Waals surface area contributed by atoms with Crippen LogP contribution in [0, 0.1) is 0 Å². The Morgan fingerprint density at radius 3 is 2.68 bits per heavy atom. The molecule has 3 nitrogen and oxygen atoms in total. The second-order valence-electron chi connectivity index (χ2n) is 4.71. The molecule has 1 N–H and O–H groups in total. The summed E-state index contributed by atoms with van der Waals surface area (Å²) in [5.41, 5.74) is 1.26. The van der Waals surface area contributed by atoms with Crippen molar-refractivity contribution < 1.29 is 9.47 Å². The van der Waals surface area contributed by atoms with Gasteiger partial charge in [0.25, 0.3) is 0 Å². The van der Waals surface area contributed by atoms with E-state index in [0.29, 0.717) is 19.3 Å². The Labute approximate surface area is 117 Å². The minimum absolute atomic E-state index is 0.361. The number of nitrogens with one attached hydrogen (secondary N) is 1. The van der Waals surface area contributed by atoms with Crippen LogP contribution < -0.4 is 10.1 Å². The molecule has 19 heavy (non-hydrogen) atoms. The van der Waals surface area contributed by atoms with Gasteiger partial charge in [-0.25, -0.2) is 0 Å². The number of rotatable bonds is 10. The van der Waals surface area contributed by atoms with Crippen LogP contribution in [0.3, 0.4) is 0 Å². The maximum atomic E-state index is 5.70. The van der Waals surface area contributed by atoms with Gasteiger partial charge in [-0.2, -0.15) is 0 Å².